The summed E-state index contributed by atoms with van der Waals surface area (Å²) in [6, 6.07) is 6.36. The van der Waals surface area contributed by atoms with Gasteiger partial charge < -0.3 is 10.4 Å². The maximum atomic E-state index is 14.4. The zero-order valence-corrected chi connectivity index (χ0v) is 9.53. The van der Waals surface area contributed by atoms with E-state index < -0.39 is 12.1 Å². The molecule has 4 heteroatoms. The normalized spacial score (nSPS) is 18.9. The van der Waals surface area contributed by atoms with Crippen LogP contribution in [-0.2, 0) is 0 Å². The molecule has 1 saturated heterocycles. The van der Waals surface area contributed by atoms with E-state index in [0.717, 1.165) is 25.9 Å². The van der Waals surface area contributed by atoms with E-state index in [2.05, 4.69) is 5.32 Å². The molecular formula is C13H16FNO2. The van der Waals surface area contributed by atoms with Crippen LogP contribution in [0.25, 0.3) is 0 Å². The first-order valence-electron chi connectivity index (χ1n) is 5.87. The summed E-state index contributed by atoms with van der Waals surface area (Å²) in [5.41, 5.74) is 0.394. The number of aromatic carboxylic acids is 1. The van der Waals surface area contributed by atoms with Crippen LogP contribution < -0.4 is 5.32 Å². The van der Waals surface area contributed by atoms with Crippen molar-refractivity contribution in [1.82, 2.24) is 5.32 Å². The van der Waals surface area contributed by atoms with E-state index in [1.54, 1.807) is 18.2 Å². The Bertz CT molecular complexity index is 402. The smallest absolute Gasteiger partial charge is 0.336 e. The molecule has 1 fully saturated rings. The van der Waals surface area contributed by atoms with Gasteiger partial charge >= 0.3 is 5.97 Å². The van der Waals surface area contributed by atoms with Gasteiger partial charge in [-0.1, -0.05) is 18.2 Å². The number of alkyl halides is 1. The van der Waals surface area contributed by atoms with Crippen LogP contribution in [0.1, 0.15) is 34.9 Å². The lowest BCUT2D eigenvalue weighted by Gasteiger charge is -2.26. The molecule has 1 heterocycles. The third-order valence-corrected chi connectivity index (χ3v) is 3.29. The molecule has 1 unspecified atom stereocenters. The van der Waals surface area contributed by atoms with Crippen LogP contribution >= 0.6 is 0 Å². The SMILES string of the molecule is O=C(O)c1ccccc1C(F)C1CCNCC1. The molecule has 0 saturated carbocycles. The summed E-state index contributed by atoms with van der Waals surface area (Å²) in [5, 5.41) is 12.2. The van der Waals surface area contributed by atoms with Crippen molar-refractivity contribution in [1.29, 1.82) is 0 Å². The van der Waals surface area contributed by atoms with Crippen molar-refractivity contribution < 1.29 is 14.3 Å². The van der Waals surface area contributed by atoms with Crippen molar-refractivity contribution in [3.8, 4) is 0 Å². The molecule has 0 aromatic heterocycles. The highest BCUT2D eigenvalue weighted by atomic mass is 19.1. The maximum absolute atomic E-state index is 14.4. The molecular weight excluding hydrogens is 221 g/mol. The van der Waals surface area contributed by atoms with E-state index >= 15 is 0 Å². The standard InChI is InChI=1S/C13H16FNO2/c14-12(9-5-7-15-8-6-9)10-3-1-2-4-11(10)13(16)17/h1-4,9,12,15H,5-8H2,(H,16,17). The Kier molecular flexibility index (Phi) is 3.74. The fraction of sp³-hybridized carbons (Fsp3) is 0.462. The number of halogens is 1. The monoisotopic (exact) mass is 237 g/mol. The first-order valence-corrected chi connectivity index (χ1v) is 5.87. The molecule has 0 amide bonds. The lowest BCUT2D eigenvalue weighted by Crippen LogP contribution is -2.30. The molecule has 0 aliphatic carbocycles. The molecule has 92 valence electrons. The number of nitrogens with one attached hydrogen (secondary N) is 1. The van der Waals surface area contributed by atoms with Crippen LogP contribution in [0.4, 0.5) is 4.39 Å². The van der Waals surface area contributed by atoms with E-state index in [-0.39, 0.29) is 11.5 Å². The topological polar surface area (TPSA) is 49.3 Å². The molecule has 0 radical (unpaired) electrons. The zero-order chi connectivity index (χ0) is 12.3. The highest BCUT2D eigenvalue weighted by Crippen LogP contribution is 2.33. The Labute approximate surface area is 99.7 Å². The molecule has 2 N–H and O–H groups in total. The maximum Gasteiger partial charge on any atom is 0.336 e. The van der Waals surface area contributed by atoms with Crippen LogP contribution in [0, 0.1) is 5.92 Å². The van der Waals surface area contributed by atoms with Crippen LogP contribution in [0.2, 0.25) is 0 Å². The van der Waals surface area contributed by atoms with E-state index in [1.807, 2.05) is 0 Å². The van der Waals surface area contributed by atoms with Crippen molar-refractivity contribution in [2.45, 2.75) is 19.0 Å². The van der Waals surface area contributed by atoms with Gasteiger partial charge in [-0.15, -0.1) is 0 Å². The van der Waals surface area contributed by atoms with Crippen molar-refractivity contribution in [2.75, 3.05) is 13.1 Å². The van der Waals surface area contributed by atoms with E-state index in [4.69, 9.17) is 5.11 Å². The number of piperidine rings is 1. The highest BCUT2D eigenvalue weighted by molar-refractivity contribution is 5.89. The summed E-state index contributed by atoms with van der Waals surface area (Å²) in [4.78, 5) is 11.0. The van der Waals surface area contributed by atoms with Gasteiger partial charge in [0, 0.05) is 5.56 Å². The molecule has 2 rings (SSSR count). The van der Waals surface area contributed by atoms with E-state index in [0.29, 0.717) is 5.56 Å². The first kappa shape index (κ1) is 12.0. The summed E-state index contributed by atoms with van der Waals surface area (Å²) in [5.74, 6) is -1.13. The number of carbonyl (C=O) groups is 1. The lowest BCUT2D eigenvalue weighted by molar-refractivity contribution is 0.0690. The summed E-state index contributed by atoms with van der Waals surface area (Å²) in [7, 11) is 0. The van der Waals surface area contributed by atoms with E-state index in [9.17, 15) is 9.18 Å². The number of hydrogen-bond donors (Lipinski definition) is 2. The largest absolute Gasteiger partial charge is 0.478 e. The molecule has 1 aromatic carbocycles. The summed E-state index contributed by atoms with van der Waals surface area (Å²) in [6.45, 7) is 1.61. The number of hydrogen-bond acceptors (Lipinski definition) is 2. The number of rotatable bonds is 3. The minimum absolute atomic E-state index is 0.0725. The van der Waals surface area contributed by atoms with Gasteiger partial charge in [0.15, 0.2) is 0 Å². The van der Waals surface area contributed by atoms with Crippen LogP contribution in [0.3, 0.4) is 0 Å². The third kappa shape index (κ3) is 2.64. The highest BCUT2D eigenvalue weighted by Gasteiger charge is 2.27. The Morgan fingerprint density at radius 2 is 2.00 bits per heavy atom. The van der Waals surface area contributed by atoms with Crippen molar-refractivity contribution in [3.05, 3.63) is 35.4 Å². The van der Waals surface area contributed by atoms with Crippen LogP contribution in [0.15, 0.2) is 24.3 Å². The van der Waals surface area contributed by atoms with Crippen molar-refractivity contribution >= 4 is 5.97 Å². The van der Waals surface area contributed by atoms with Crippen molar-refractivity contribution in [3.63, 3.8) is 0 Å². The van der Waals surface area contributed by atoms with Gasteiger partial charge in [0.05, 0.1) is 5.56 Å². The molecule has 0 spiro atoms. The Morgan fingerprint density at radius 1 is 1.35 bits per heavy atom. The predicted octanol–water partition coefficient (Wildman–Crippen LogP) is 2.40. The fourth-order valence-electron chi connectivity index (χ4n) is 2.32. The number of carboxylic acids is 1. The van der Waals surface area contributed by atoms with Gasteiger partial charge in [-0.05, 0) is 37.9 Å². The fourth-order valence-corrected chi connectivity index (χ4v) is 2.32. The number of benzene rings is 1. The quantitative estimate of drug-likeness (QED) is 0.848. The second kappa shape index (κ2) is 5.27. The van der Waals surface area contributed by atoms with Crippen LogP contribution in [-0.4, -0.2) is 24.2 Å². The van der Waals surface area contributed by atoms with Gasteiger partial charge in [0.2, 0.25) is 0 Å². The molecule has 17 heavy (non-hydrogen) atoms. The Hall–Kier alpha value is -1.42. The summed E-state index contributed by atoms with van der Waals surface area (Å²) >= 11 is 0. The second-order valence-corrected chi connectivity index (χ2v) is 4.38. The van der Waals surface area contributed by atoms with Gasteiger partial charge in [-0.25, -0.2) is 9.18 Å². The van der Waals surface area contributed by atoms with Crippen molar-refractivity contribution in [2.24, 2.45) is 5.92 Å². The number of carboxylic acid groups (broad SMARTS) is 1. The molecule has 1 aliphatic heterocycles. The average Bonchev–Trinajstić information content (AvgIpc) is 2.39. The molecule has 0 bridgehead atoms. The predicted molar refractivity (Wildman–Crippen MR) is 62.8 cm³/mol. The lowest BCUT2D eigenvalue weighted by atomic mass is 9.87. The molecule has 1 atom stereocenters. The average molecular weight is 237 g/mol. The van der Waals surface area contributed by atoms with Gasteiger partial charge in [0.1, 0.15) is 6.17 Å². The third-order valence-electron chi connectivity index (χ3n) is 3.29. The zero-order valence-electron chi connectivity index (χ0n) is 9.53. The Morgan fingerprint density at radius 3 is 2.65 bits per heavy atom. The van der Waals surface area contributed by atoms with Gasteiger partial charge in [-0.2, -0.15) is 0 Å². The van der Waals surface area contributed by atoms with Crippen LogP contribution in [0.5, 0.6) is 0 Å². The summed E-state index contributed by atoms with van der Waals surface area (Å²) < 4.78 is 14.4. The van der Waals surface area contributed by atoms with E-state index in [1.165, 1.54) is 6.07 Å². The minimum Gasteiger partial charge on any atom is -0.478 e. The second-order valence-electron chi connectivity index (χ2n) is 4.38. The van der Waals surface area contributed by atoms with Gasteiger partial charge in [0.25, 0.3) is 0 Å². The summed E-state index contributed by atoms with van der Waals surface area (Å²) in [6.07, 6.45) is 0.342. The molecule has 1 aromatic rings. The molecule has 3 nitrogen and oxygen atoms in total. The molecule has 1 aliphatic rings. The Balaban J connectivity index is 2.23. The minimum atomic E-state index is -1.18. The van der Waals surface area contributed by atoms with Gasteiger partial charge in [-0.3, -0.25) is 0 Å². The first-order chi connectivity index (χ1) is 8.20.